The van der Waals surface area contributed by atoms with Crippen molar-refractivity contribution in [1.82, 2.24) is 15.5 Å². The van der Waals surface area contributed by atoms with Gasteiger partial charge in [-0.3, -0.25) is 4.90 Å². The van der Waals surface area contributed by atoms with E-state index in [4.69, 9.17) is 0 Å². The molecule has 0 aliphatic carbocycles. The highest BCUT2D eigenvalue weighted by atomic mass is 15.4. The Morgan fingerprint density at radius 3 is 2.45 bits per heavy atom. The molecule has 11 heavy (non-hydrogen) atoms. The van der Waals surface area contributed by atoms with Crippen LogP contribution in [0.5, 0.6) is 0 Å². The van der Waals surface area contributed by atoms with Crippen molar-refractivity contribution in [2.45, 2.75) is 13.8 Å². The van der Waals surface area contributed by atoms with Gasteiger partial charge < -0.3 is 10.6 Å². The lowest BCUT2D eigenvalue weighted by Crippen LogP contribution is -2.49. The van der Waals surface area contributed by atoms with Crippen LogP contribution in [-0.4, -0.2) is 24.8 Å². The van der Waals surface area contributed by atoms with Crippen LogP contribution in [0.25, 0.3) is 0 Å². The van der Waals surface area contributed by atoms with Crippen molar-refractivity contribution in [2.75, 3.05) is 19.9 Å². The zero-order valence-corrected chi connectivity index (χ0v) is 7.35. The fourth-order valence-corrected chi connectivity index (χ4v) is 1.18. The second-order valence-corrected chi connectivity index (χ2v) is 3.40. The minimum atomic E-state index is 0.727. The van der Waals surface area contributed by atoms with E-state index in [0.29, 0.717) is 0 Å². The molecule has 1 saturated heterocycles. The summed E-state index contributed by atoms with van der Waals surface area (Å²) in [6, 6.07) is 0. The molecule has 2 N–H and O–H groups in total. The Morgan fingerprint density at radius 1 is 1.45 bits per heavy atom. The van der Waals surface area contributed by atoms with E-state index in [0.717, 1.165) is 31.6 Å². The molecule has 0 bridgehead atoms. The average Bonchev–Trinajstić information content (AvgIpc) is 1.93. The van der Waals surface area contributed by atoms with E-state index >= 15 is 0 Å². The first kappa shape index (κ1) is 8.40. The monoisotopic (exact) mass is 155 g/mol. The Morgan fingerprint density at radius 2 is 2.00 bits per heavy atom. The summed E-state index contributed by atoms with van der Waals surface area (Å²) in [7, 11) is 0. The minimum absolute atomic E-state index is 0.727. The summed E-state index contributed by atoms with van der Waals surface area (Å²) >= 11 is 0. The van der Waals surface area contributed by atoms with Gasteiger partial charge in [0.05, 0.1) is 19.2 Å². The maximum atomic E-state index is 3.78. The van der Waals surface area contributed by atoms with E-state index in [1.807, 2.05) is 0 Å². The lowest BCUT2D eigenvalue weighted by molar-refractivity contribution is 0.194. The fourth-order valence-electron chi connectivity index (χ4n) is 1.18. The zero-order valence-electron chi connectivity index (χ0n) is 7.35. The predicted molar refractivity (Wildman–Crippen MR) is 46.7 cm³/mol. The molecule has 0 unspecified atom stereocenters. The van der Waals surface area contributed by atoms with Crippen LogP contribution in [0.15, 0.2) is 12.4 Å². The van der Waals surface area contributed by atoms with E-state index in [1.165, 1.54) is 0 Å². The van der Waals surface area contributed by atoms with Gasteiger partial charge in [-0.05, 0) is 5.92 Å². The lowest BCUT2D eigenvalue weighted by Gasteiger charge is -2.31. The summed E-state index contributed by atoms with van der Waals surface area (Å²) in [5.74, 6) is 1.66. The molecule has 1 fully saturated rings. The summed E-state index contributed by atoms with van der Waals surface area (Å²) in [6.07, 6.45) is 0. The summed E-state index contributed by atoms with van der Waals surface area (Å²) < 4.78 is 0. The van der Waals surface area contributed by atoms with Crippen LogP contribution >= 0.6 is 0 Å². The normalized spacial score (nSPS) is 19.7. The van der Waals surface area contributed by atoms with Crippen LogP contribution in [0, 0.1) is 5.92 Å². The standard InChI is InChI=1S/C8H17N3/c1-7(2)4-11-5-9-8(3)10-6-11/h7,9-10H,3-6H2,1-2H3. The summed E-state index contributed by atoms with van der Waals surface area (Å²) in [4.78, 5) is 2.32. The maximum Gasteiger partial charge on any atom is 0.0932 e. The minimum Gasteiger partial charge on any atom is -0.360 e. The Labute approximate surface area is 68.5 Å². The van der Waals surface area contributed by atoms with Crippen molar-refractivity contribution >= 4 is 0 Å². The van der Waals surface area contributed by atoms with Gasteiger partial charge in [-0.25, -0.2) is 0 Å². The molecular formula is C8H17N3. The van der Waals surface area contributed by atoms with Gasteiger partial charge in [0.15, 0.2) is 0 Å². The Balaban J connectivity index is 2.22. The average molecular weight is 155 g/mol. The SMILES string of the molecule is C=C1NCN(CC(C)C)CN1. The van der Waals surface area contributed by atoms with Crippen molar-refractivity contribution in [1.29, 1.82) is 0 Å². The van der Waals surface area contributed by atoms with Crippen molar-refractivity contribution in [3.05, 3.63) is 12.4 Å². The van der Waals surface area contributed by atoms with Crippen molar-refractivity contribution in [2.24, 2.45) is 5.92 Å². The van der Waals surface area contributed by atoms with Crippen molar-refractivity contribution < 1.29 is 0 Å². The lowest BCUT2D eigenvalue weighted by atomic mass is 10.2. The molecule has 1 aliphatic heterocycles. The molecule has 1 aliphatic rings. The highest BCUT2D eigenvalue weighted by Crippen LogP contribution is 1.99. The molecular weight excluding hydrogens is 138 g/mol. The van der Waals surface area contributed by atoms with E-state index < -0.39 is 0 Å². The molecule has 1 rings (SSSR count). The first-order valence-corrected chi connectivity index (χ1v) is 4.07. The Hall–Kier alpha value is -0.700. The molecule has 3 heteroatoms. The number of rotatable bonds is 2. The van der Waals surface area contributed by atoms with Crippen molar-refractivity contribution in [3.63, 3.8) is 0 Å². The first-order chi connectivity index (χ1) is 5.18. The van der Waals surface area contributed by atoms with Gasteiger partial charge in [0.2, 0.25) is 0 Å². The van der Waals surface area contributed by atoms with Gasteiger partial charge in [-0.15, -0.1) is 0 Å². The second kappa shape index (κ2) is 3.62. The molecule has 0 atom stereocenters. The largest absolute Gasteiger partial charge is 0.360 e. The van der Waals surface area contributed by atoms with Crippen LogP contribution in [0.4, 0.5) is 0 Å². The molecule has 64 valence electrons. The summed E-state index contributed by atoms with van der Waals surface area (Å²) in [5.41, 5.74) is 0. The smallest absolute Gasteiger partial charge is 0.0932 e. The van der Waals surface area contributed by atoms with Crippen molar-refractivity contribution in [3.8, 4) is 0 Å². The highest BCUT2D eigenvalue weighted by Gasteiger charge is 2.10. The van der Waals surface area contributed by atoms with Crippen LogP contribution in [-0.2, 0) is 0 Å². The third-order valence-corrected chi connectivity index (χ3v) is 1.66. The van der Waals surface area contributed by atoms with Crippen LogP contribution in [0.1, 0.15) is 13.8 Å². The van der Waals surface area contributed by atoms with Gasteiger partial charge in [-0.2, -0.15) is 0 Å². The third-order valence-electron chi connectivity index (χ3n) is 1.66. The molecule has 0 aromatic carbocycles. The van der Waals surface area contributed by atoms with Crippen LogP contribution in [0.2, 0.25) is 0 Å². The molecule has 0 aromatic heterocycles. The molecule has 0 radical (unpaired) electrons. The molecule has 0 saturated carbocycles. The number of nitrogens with zero attached hydrogens (tertiary/aromatic N) is 1. The highest BCUT2D eigenvalue weighted by molar-refractivity contribution is 4.90. The topological polar surface area (TPSA) is 27.3 Å². The Kier molecular flexibility index (Phi) is 2.76. The van der Waals surface area contributed by atoms with Crippen LogP contribution in [0.3, 0.4) is 0 Å². The van der Waals surface area contributed by atoms with E-state index in [9.17, 15) is 0 Å². The van der Waals surface area contributed by atoms with Gasteiger partial charge in [0, 0.05) is 6.54 Å². The third kappa shape index (κ3) is 2.80. The number of hydrogen-bond acceptors (Lipinski definition) is 3. The van der Waals surface area contributed by atoms with Gasteiger partial charge >= 0.3 is 0 Å². The predicted octanol–water partition coefficient (Wildman–Crippen LogP) is 0.523. The zero-order chi connectivity index (χ0) is 8.27. The fraction of sp³-hybridized carbons (Fsp3) is 0.750. The van der Waals surface area contributed by atoms with E-state index in [-0.39, 0.29) is 0 Å². The number of hydrogen-bond donors (Lipinski definition) is 2. The molecule has 3 nitrogen and oxygen atoms in total. The molecule has 0 spiro atoms. The Bertz CT molecular complexity index is 132. The summed E-state index contributed by atoms with van der Waals surface area (Å²) in [6.45, 7) is 11.2. The van der Waals surface area contributed by atoms with Gasteiger partial charge in [0.1, 0.15) is 0 Å². The number of nitrogens with one attached hydrogen (secondary N) is 2. The molecule has 0 amide bonds. The van der Waals surface area contributed by atoms with E-state index in [1.54, 1.807) is 0 Å². The van der Waals surface area contributed by atoms with Gasteiger partial charge in [-0.1, -0.05) is 20.4 Å². The van der Waals surface area contributed by atoms with Gasteiger partial charge in [0.25, 0.3) is 0 Å². The van der Waals surface area contributed by atoms with E-state index in [2.05, 4.69) is 36.0 Å². The quantitative estimate of drug-likeness (QED) is 0.609. The molecule has 1 heterocycles. The van der Waals surface area contributed by atoms with Crippen LogP contribution < -0.4 is 10.6 Å². The molecule has 0 aromatic rings. The second-order valence-electron chi connectivity index (χ2n) is 3.40. The summed E-state index contributed by atoms with van der Waals surface area (Å²) in [5, 5.41) is 6.32. The first-order valence-electron chi connectivity index (χ1n) is 4.07. The maximum absolute atomic E-state index is 3.78.